The van der Waals surface area contributed by atoms with Crippen LogP contribution in [-0.4, -0.2) is 44.8 Å². The Morgan fingerprint density at radius 3 is 2.22 bits per heavy atom. The van der Waals surface area contributed by atoms with Crippen molar-refractivity contribution in [2.24, 2.45) is 0 Å². The summed E-state index contributed by atoms with van der Waals surface area (Å²) in [7, 11) is 0. The van der Waals surface area contributed by atoms with Crippen LogP contribution in [0.4, 0.5) is 0 Å². The maximum absolute atomic E-state index is 13.6. The van der Waals surface area contributed by atoms with Gasteiger partial charge in [-0.1, -0.05) is 63.4 Å². The Kier molecular flexibility index (Phi) is 12.3. The van der Waals surface area contributed by atoms with Crippen molar-refractivity contribution in [1.29, 1.82) is 0 Å². The topological polar surface area (TPSA) is 100.0 Å². The van der Waals surface area contributed by atoms with Crippen LogP contribution in [0.1, 0.15) is 68.8 Å². The number of nitrogens with zero attached hydrogens (tertiary/aromatic N) is 2. The van der Waals surface area contributed by atoms with Crippen molar-refractivity contribution in [3.05, 3.63) is 84.2 Å². The number of pyridine rings is 1. The van der Waals surface area contributed by atoms with Crippen LogP contribution in [0.25, 0.3) is 11.1 Å². The van der Waals surface area contributed by atoms with Gasteiger partial charge in [0.1, 0.15) is 11.5 Å². The summed E-state index contributed by atoms with van der Waals surface area (Å²) in [5, 5.41) is 18.0. The molecule has 1 amide bonds. The number of unbranched alkanes of at least 4 members (excludes halogenated alkanes) is 3. The van der Waals surface area contributed by atoms with Crippen LogP contribution < -0.4 is 4.74 Å². The Labute approximate surface area is 219 Å². The number of para-hydroxylation sites is 1. The number of carbonyl (C=O) groups is 2. The first kappa shape index (κ1) is 29.5. The molecule has 1 heterocycles. The first-order chi connectivity index (χ1) is 17.9. The first-order valence-electron chi connectivity index (χ1n) is 12.7. The molecule has 3 rings (SSSR count). The van der Waals surface area contributed by atoms with E-state index in [4.69, 9.17) is 14.6 Å². The molecule has 0 saturated heterocycles. The van der Waals surface area contributed by atoms with Crippen molar-refractivity contribution in [3.8, 4) is 16.9 Å². The van der Waals surface area contributed by atoms with Crippen LogP contribution in [0.3, 0.4) is 0 Å². The summed E-state index contributed by atoms with van der Waals surface area (Å²) in [6.45, 7) is 6.41. The Bertz CT molecular complexity index is 1080. The molecule has 0 saturated carbocycles. The Morgan fingerprint density at radius 1 is 0.973 bits per heavy atom. The molecule has 1 atom stereocenters. The molecule has 0 fully saturated rings. The highest BCUT2D eigenvalue weighted by Gasteiger charge is 2.32. The molecule has 0 aliphatic carbocycles. The number of carbonyl (C=O) groups excluding carboxylic acids is 1. The summed E-state index contributed by atoms with van der Waals surface area (Å²) in [5.41, 5.74) is 2.17. The lowest BCUT2D eigenvalue weighted by molar-refractivity contribution is -0.122. The molecular weight excluding hydrogens is 468 g/mol. The molecule has 2 aromatic carbocycles. The lowest BCUT2D eigenvalue weighted by atomic mass is 10.0. The number of aromatic nitrogens is 1. The summed E-state index contributed by atoms with van der Waals surface area (Å²) < 4.78 is 6.06. The van der Waals surface area contributed by atoms with Gasteiger partial charge in [0, 0.05) is 23.5 Å². The molecule has 2 N–H and O–H groups in total. The molecule has 0 spiro atoms. The molecule has 1 aromatic heterocycles. The molecule has 7 nitrogen and oxygen atoms in total. The maximum Gasteiger partial charge on any atom is 0.290 e. The van der Waals surface area contributed by atoms with Crippen LogP contribution >= 0.6 is 0 Å². The van der Waals surface area contributed by atoms with Crippen LogP contribution in [0.15, 0.2) is 73.1 Å². The number of amides is 1. The highest BCUT2D eigenvalue weighted by atomic mass is 16.5. The van der Waals surface area contributed by atoms with Crippen molar-refractivity contribution >= 4 is 12.4 Å². The van der Waals surface area contributed by atoms with Gasteiger partial charge in [-0.2, -0.15) is 0 Å². The van der Waals surface area contributed by atoms with Crippen LogP contribution in [-0.2, 0) is 11.3 Å². The van der Waals surface area contributed by atoms with Gasteiger partial charge in [0.05, 0.1) is 13.2 Å². The molecule has 0 aliphatic rings. The summed E-state index contributed by atoms with van der Waals surface area (Å²) in [6, 6.07) is 19.1. The summed E-state index contributed by atoms with van der Waals surface area (Å²) >= 11 is 0. The minimum atomic E-state index is -1.30. The second kappa shape index (κ2) is 15.4. The molecule has 0 aliphatic heterocycles. The third kappa shape index (κ3) is 9.03. The third-order valence-electron chi connectivity index (χ3n) is 6.20. The normalized spacial score (nSPS) is 12.0. The molecule has 0 bridgehead atoms. The third-order valence-corrected chi connectivity index (χ3v) is 6.20. The minimum Gasteiger partial charge on any atom is -0.493 e. The van der Waals surface area contributed by atoms with Crippen LogP contribution in [0.5, 0.6) is 5.75 Å². The lowest BCUT2D eigenvalue weighted by Gasteiger charge is -2.37. The Hall–Kier alpha value is -3.71. The van der Waals surface area contributed by atoms with E-state index in [9.17, 15) is 9.90 Å². The number of rotatable bonds is 12. The number of ether oxygens (including phenoxy) is 1. The van der Waals surface area contributed by atoms with E-state index in [1.807, 2.05) is 67.6 Å². The number of hydrogen-bond acceptors (Lipinski definition) is 5. The second-order valence-corrected chi connectivity index (χ2v) is 8.90. The predicted molar refractivity (Wildman–Crippen MR) is 145 cm³/mol. The van der Waals surface area contributed by atoms with Gasteiger partial charge in [-0.25, -0.2) is 0 Å². The van der Waals surface area contributed by atoms with Crippen molar-refractivity contribution in [2.75, 3.05) is 6.61 Å². The summed E-state index contributed by atoms with van der Waals surface area (Å²) in [4.78, 5) is 27.5. The fraction of sp³-hybridized carbons (Fsp3) is 0.367. The van der Waals surface area contributed by atoms with Gasteiger partial charge in [-0.05, 0) is 61.2 Å². The smallest absolute Gasteiger partial charge is 0.290 e. The number of benzene rings is 2. The van der Waals surface area contributed by atoms with Gasteiger partial charge in [0.2, 0.25) is 0 Å². The zero-order valence-electron chi connectivity index (χ0n) is 22.0. The Balaban J connectivity index is 0.00000153. The molecule has 1 unspecified atom stereocenters. The number of carboxylic acid groups (broad SMARTS) is 1. The minimum absolute atomic E-state index is 0.217. The lowest BCUT2D eigenvalue weighted by Crippen LogP contribution is -2.49. The van der Waals surface area contributed by atoms with E-state index in [1.54, 1.807) is 19.3 Å². The fourth-order valence-electron chi connectivity index (χ4n) is 3.81. The zero-order valence-corrected chi connectivity index (χ0v) is 22.0. The van der Waals surface area contributed by atoms with Gasteiger partial charge in [0.15, 0.2) is 0 Å². The van der Waals surface area contributed by atoms with E-state index in [0.717, 1.165) is 35.3 Å². The first-order valence-corrected chi connectivity index (χ1v) is 12.7. The zero-order chi connectivity index (χ0) is 27.1. The van der Waals surface area contributed by atoms with Crippen molar-refractivity contribution in [2.45, 2.75) is 65.1 Å². The van der Waals surface area contributed by atoms with Gasteiger partial charge < -0.3 is 19.8 Å². The summed E-state index contributed by atoms with van der Waals surface area (Å²) in [5.74, 6) is 0.544. The van der Waals surface area contributed by atoms with Crippen molar-refractivity contribution in [3.63, 3.8) is 0 Å². The van der Waals surface area contributed by atoms with Gasteiger partial charge in [-0.15, -0.1) is 0 Å². The SMILES string of the molecule is CCCCCCOc1ccccc1CN(C(=O)c1ccc(-c2ccncc2)cc1)C(C)(O)CC.O=CO. The van der Waals surface area contributed by atoms with Crippen molar-refractivity contribution < 1.29 is 24.5 Å². The highest BCUT2D eigenvalue weighted by molar-refractivity contribution is 5.95. The van der Waals surface area contributed by atoms with E-state index >= 15 is 0 Å². The van der Waals surface area contributed by atoms with Gasteiger partial charge in [0.25, 0.3) is 12.4 Å². The van der Waals surface area contributed by atoms with Crippen molar-refractivity contribution in [1.82, 2.24) is 9.88 Å². The van der Waals surface area contributed by atoms with E-state index in [2.05, 4.69) is 11.9 Å². The fourth-order valence-corrected chi connectivity index (χ4v) is 3.81. The highest BCUT2D eigenvalue weighted by Crippen LogP contribution is 2.28. The molecule has 0 radical (unpaired) electrons. The average Bonchev–Trinajstić information content (AvgIpc) is 2.93. The largest absolute Gasteiger partial charge is 0.493 e. The standard InChI is InChI=1S/C29H36N2O3.CH2O2/c1-4-6-7-10-21-34-27-12-9-8-11-26(27)22-31(29(3,33)5-2)28(32)25-15-13-23(14-16-25)24-17-19-30-20-18-24;2-1-3/h8-9,11-20,33H,4-7,10,21-22H2,1-3H3;1H,(H,2,3). The van der Waals surface area contributed by atoms with E-state index in [-0.39, 0.29) is 18.9 Å². The molecule has 198 valence electrons. The van der Waals surface area contributed by atoms with Crippen LogP contribution in [0, 0.1) is 0 Å². The number of hydrogen-bond donors (Lipinski definition) is 2. The molecule has 3 aromatic rings. The number of aliphatic hydroxyl groups is 1. The molecular formula is C30H38N2O5. The molecule has 7 heteroatoms. The van der Waals surface area contributed by atoms with Crippen LogP contribution in [0.2, 0.25) is 0 Å². The van der Waals surface area contributed by atoms with E-state index in [1.165, 1.54) is 17.7 Å². The average molecular weight is 507 g/mol. The van der Waals surface area contributed by atoms with Gasteiger partial charge >= 0.3 is 0 Å². The molecule has 37 heavy (non-hydrogen) atoms. The monoisotopic (exact) mass is 506 g/mol. The van der Waals surface area contributed by atoms with Gasteiger partial charge in [-0.3, -0.25) is 14.6 Å². The maximum atomic E-state index is 13.6. The van der Waals surface area contributed by atoms with E-state index in [0.29, 0.717) is 18.6 Å². The second-order valence-electron chi connectivity index (χ2n) is 8.90. The predicted octanol–water partition coefficient (Wildman–Crippen LogP) is 6.17. The van der Waals surface area contributed by atoms with E-state index < -0.39 is 5.72 Å². The quantitative estimate of drug-likeness (QED) is 0.173. The Morgan fingerprint density at radius 2 is 1.59 bits per heavy atom. The summed E-state index contributed by atoms with van der Waals surface area (Å²) in [6.07, 6.45) is 8.43.